The van der Waals surface area contributed by atoms with E-state index in [1.165, 1.54) is 0 Å². The molecule has 1 aliphatic rings. The van der Waals surface area contributed by atoms with Crippen molar-refractivity contribution >= 4 is 17.5 Å². The Bertz CT molecular complexity index is 352. The molecule has 0 bridgehead atoms. The lowest BCUT2D eigenvalue weighted by Gasteiger charge is -2.24. The number of benzene rings is 1. The van der Waals surface area contributed by atoms with Crippen LogP contribution >= 0.6 is 11.6 Å². The Kier molecular flexibility index (Phi) is 2.96. The van der Waals surface area contributed by atoms with Gasteiger partial charge in [-0.15, -0.1) is 11.6 Å². The van der Waals surface area contributed by atoms with Crippen molar-refractivity contribution in [3.05, 3.63) is 35.9 Å². The Morgan fingerprint density at radius 3 is 2.60 bits per heavy atom. The summed E-state index contributed by atoms with van der Waals surface area (Å²) in [5.41, 5.74) is 1.16. The van der Waals surface area contributed by atoms with Crippen LogP contribution in [0.4, 0.5) is 0 Å². The van der Waals surface area contributed by atoms with E-state index in [1.54, 1.807) is 0 Å². The van der Waals surface area contributed by atoms with E-state index in [4.69, 9.17) is 11.6 Å². The summed E-state index contributed by atoms with van der Waals surface area (Å²) >= 11 is 5.97. The van der Waals surface area contributed by atoms with Crippen LogP contribution in [0.15, 0.2) is 30.3 Å². The first-order chi connectivity index (χ1) is 7.18. The van der Waals surface area contributed by atoms with Crippen LogP contribution in [0.1, 0.15) is 24.9 Å². The molecule has 2 nitrogen and oxygen atoms in total. The van der Waals surface area contributed by atoms with Gasteiger partial charge in [-0.05, 0) is 12.5 Å². The number of carbonyl (C=O) groups excluding carboxylic acids is 1. The summed E-state index contributed by atoms with van der Waals surface area (Å²) in [5.74, 6) is 0.159. The molecular weight excluding hydrogens is 210 g/mol. The highest BCUT2D eigenvalue weighted by atomic mass is 35.5. The smallest absolute Gasteiger partial charge is 0.224 e. The molecule has 0 aromatic heterocycles. The molecule has 1 saturated heterocycles. The molecule has 3 heteroatoms. The number of nitrogens with zero attached hydrogens (tertiary/aromatic N) is 1. The summed E-state index contributed by atoms with van der Waals surface area (Å²) in [6.45, 7) is 2.71. The number of carbonyl (C=O) groups is 1. The van der Waals surface area contributed by atoms with Crippen molar-refractivity contribution in [1.82, 2.24) is 4.90 Å². The number of likely N-dealkylation sites (tertiary alicyclic amines) is 1. The quantitative estimate of drug-likeness (QED) is 0.706. The molecule has 1 fully saturated rings. The zero-order valence-electron chi connectivity index (χ0n) is 8.69. The lowest BCUT2D eigenvalue weighted by Crippen LogP contribution is -2.28. The van der Waals surface area contributed by atoms with E-state index in [0.717, 1.165) is 5.56 Å². The van der Waals surface area contributed by atoms with Gasteiger partial charge in [0, 0.05) is 13.0 Å². The van der Waals surface area contributed by atoms with Crippen molar-refractivity contribution in [1.29, 1.82) is 0 Å². The van der Waals surface area contributed by atoms with E-state index in [9.17, 15) is 4.79 Å². The minimum absolute atomic E-state index is 0.0244. The van der Waals surface area contributed by atoms with E-state index >= 15 is 0 Å². The van der Waals surface area contributed by atoms with Gasteiger partial charge >= 0.3 is 0 Å². The van der Waals surface area contributed by atoms with Crippen molar-refractivity contribution in [2.75, 3.05) is 6.54 Å². The van der Waals surface area contributed by atoms with Crippen LogP contribution in [0, 0.1) is 0 Å². The van der Waals surface area contributed by atoms with Crippen molar-refractivity contribution < 1.29 is 4.79 Å². The first kappa shape index (κ1) is 10.5. The molecule has 2 unspecified atom stereocenters. The molecule has 80 valence electrons. The molecule has 2 atom stereocenters. The number of halogens is 1. The maximum absolute atomic E-state index is 11.6. The van der Waals surface area contributed by atoms with Gasteiger partial charge in [-0.1, -0.05) is 30.3 Å². The largest absolute Gasteiger partial charge is 0.334 e. The minimum atomic E-state index is -0.0244. The second-order valence-corrected chi connectivity index (χ2v) is 4.55. The molecule has 0 N–H and O–H groups in total. The van der Waals surface area contributed by atoms with Crippen LogP contribution in [-0.2, 0) is 4.79 Å². The fourth-order valence-corrected chi connectivity index (χ4v) is 2.25. The first-order valence-electron chi connectivity index (χ1n) is 5.17. The highest BCUT2D eigenvalue weighted by Crippen LogP contribution is 2.27. The third kappa shape index (κ3) is 2.15. The predicted molar refractivity (Wildman–Crippen MR) is 60.8 cm³/mol. The van der Waals surface area contributed by atoms with Crippen LogP contribution in [-0.4, -0.2) is 22.7 Å². The average Bonchev–Trinajstić information content (AvgIpc) is 2.58. The van der Waals surface area contributed by atoms with Crippen LogP contribution in [0.2, 0.25) is 0 Å². The van der Waals surface area contributed by atoms with Gasteiger partial charge in [0.05, 0.1) is 11.4 Å². The molecule has 15 heavy (non-hydrogen) atoms. The lowest BCUT2D eigenvalue weighted by molar-refractivity contribution is -0.129. The standard InChI is InChI=1S/C12H14ClNO/c1-9(10-5-3-2-4-6-10)14-8-11(13)7-12(14)15/h2-6,9,11H,7-8H2,1H3. The second-order valence-electron chi connectivity index (χ2n) is 3.93. The molecule has 0 spiro atoms. The summed E-state index contributed by atoms with van der Waals surface area (Å²) in [5, 5.41) is -0.0244. The van der Waals surface area contributed by atoms with Crippen molar-refractivity contribution in [2.24, 2.45) is 0 Å². The average molecular weight is 224 g/mol. The molecule has 0 aliphatic carbocycles. The lowest BCUT2D eigenvalue weighted by atomic mass is 10.1. The Morgan fingerprint density at radius 1 is 1.40 bits per heavy atom. The van der Waals surface area contributed by atoms with Crippen LogP contribution in [0.5, 0.6) is 0 Å². The maximum atomic E-state index is 11.6. The third-order valence-corrected chi connectivity index (χ3v) is 3.15. The van der Waals surface area contributed by atoms with Crippen LogP contribution in [0.25, 0.3) is 0 Å². The number of alkyl halides is 1. The Balaban J connectivity index is 2.15. The number of rotatable bonds is 2. The normalized spacial score (nSPS) is 23.2. The minimum Gasteiger partial charge on any atom is -0.334 e. The molecule has 2 rings (SSSR count). The zero-order chi connectivity index (χ0) is 10.8. The van der Waals surface area contributed by atoms with E-state index in [-0.39, 0.29) is 17.3 Å². The summed E-state index contributed by atoms with van der Waals surface area (Å²) < 4.78 is 0. The summed E-state index contributed by atoms with van der Waals surface area (Å²) in [4.78, 5) is 13.5. The molecule has 1 heterocycles. The molecule has 0 radical (unpaired) electrons. The number of hydrogen-bond donors (Lipinski definition) is 0. The molecule has 1 aromatic carbocycles. The van der Waals surface area contributed by atoms with Gasteiger partial charge in [0.25, 0.3) is 0 Å². The van der Waals surface area contributed by atoms with E-state index in [1.807, 2.05) is 42.2 Å². The van der Waals surface area contributed by atoms with E-state index in [0.29, 0.717) is 13.0 Å². The van der Waals surface area contributed by atoms with Gasteiger partial charge < -0.3 is 4.90 Å². The monoisotopic (exact) mass is 223 g/mol. The topological polar surface area (TPSA) is 20.3 Å². The van der Waals surface area contributed by atoms with Gasteiger partial charge in [0.2, 0.25) is 5.91 Å². The van der Waals surface area contributed by atoms with Crippen LogP contribution < -0.4 is 0 Å². The van der Waals surface area contributed by atoms with E-state index < -0.39 is 0 Å². The Labute approximate surface area is 94.8 Å². The Morgan fingerprint density at radius 2 is 2.07 bits per heavy atom. The van der Waals surface area contributed by atoms with Gasteiger partial charge in [0.15, 0.2) is 0 Å². The Hall–Kier alpha value is -1.02. The zero-order valence-corrected chi connectivity index (χ0v) is 9.45. The number of amides is 1. The van der Waals surface area contributed by atoms with Crippen molar-refractivity contribution in [3.63, 3.8) is 0 Å². The van der Waals surface area contributed by atoms with Crippen LogP contribution in [0.3, 0.4) is 0 Å². The van der Waals surface area contributed by atoms with Crippen molar-refractivity contribution in [3.8, 4) is 0 Å². The fraction of sp³-hybridized carbons (Fsp3) is 0.417. The molecule has 1 aliphatic heterocycles. The highest BCUT2D eigenvalue weighted by molar-refractivity contribution is 6.22. The third-order valence-electron chi connectivity index (χ3n) is 2.86. The van der Waals surface area contributed by atoms with Gasteiger partial charge in [-0.3, -0.25) is 4.79 Å². The van der Waals surface area contributed by atoms with Gasteiger partial charge in [-0.2, -0.15) is 0 Å². The second kappa shape index (κ2) is 4.23. The highest BCUT2D eigenvalue weighted by Gasteiger charge is 2.31. The molecular formula is C12H14ClNO. The fourth-order valence-electron chi connectivity index (χ4n) is 1.97. The first-order valence-corrected chi connectivity index (χ1v) is 5.60. The summed E-state index contributed by atoms with van der Waals surface area (Å²) in [6.07, 6.45) is 0.471. The maximum Gasteiger partial charge on any atom is 0.224 e. The summed E-state index contributed by atoms with van der Waals surface area (Å²) in [6, 6.07) is 10.2. The number of hydrogen-bond acceptors (Lipinski definition) is 1. The molecule has 0 saturated carbocycles. The SMILES string of the molecule is CC(c1ccccc1)N1CC(Cl)CC1=O. The van der Waals surface area contributed by atoms with Gasteiger partial charge in [0.1, 0.15) is 0 Å². The van der Waals surface area contributed by atoms with Crippen molar-refractivity contribution in [2.45, 2.75) is 24.8 Å². The van der Waals surface area contributed by atoms with E-state index in [2.05, 4.69) is 0 Å². The molecule has 1 aromatic rings. The predicted octanol–water partition coefficient (Wildman–Crippen LogP) is 2.59. The molecule has 1 amide bonds. The summed E-state index contributed by atoms with van der Waals surface area (Å²) in [7, 11) is 0. The van der Waals surface area contributed by atoms with Gasteiger partial charge in [-0.25, -0.2) is 0 Å².